The summed E-state index contributed by atoms with van der Waals surface area (Å²) in [6.45, 7) is 1.90. The summed E-state index contributed by atoms with van der Waals surface area (Å²) in [5.41, 5.74) is 1.67. The Kier molecular flexibility index (Phi) is 5.60. The van der Waals surface area contributed by atoms with Crippen molar-refractivity contribution in [3.05, 3.63) is 46.5 Å². The van der Waals surface area contributed by atoms with Gasteiger partial charge in [0.1, 0.15) is 11.4 Å². The number of aliphatic carboxylic acids is 1. The van der Waals surface area contributed by atoms with Crippen LogP contribution in [0.2, 0.25) is 0 Å². The average Bonchev–Trinajstić information content (AvgIpc) is 3.00. The van der Waals surface area contributed by atoms with Crippen LogP contribution in [0.25, 0.3) is 0 Å². The second kappa shape index (κ2) is 7.65. The van der Waals surface area contributed by atoms with Crippen molar-refractivity contribution in [1.29, 1.82) is 0 Å². The second-order valence-electron chi connectivity index (χ2n) is 4.76. The summed E-state index contributed by atoms with van der Waals surface area (Å²) >= 11 is 1.01. The van der Waals surface area contributed by atoms with Crippen LogP contribution in [0, 0.1) is 0 Å². The largest absolute Gasteiger partial charge is 0.480 e. The lowest BCUT2D eigenvalue weighted by atomic mass is 10.1. The van der Waals surface area contributed by atoms with Crippen molar-refractivity contribution >= 4 is 23.4 Å². The maximum absolute atomic E-state index is 12.5. The molecule has 0 aliphatic carbocycles. The first-order chi connectivity index (χ1) is 10.6. The number of hydrogen-bond acceptors (Lipinski definition) is 5. The molecule has 1 amide bonds. The molecule has 0 atom stereocenters. The van der Waals surface area contributed by atoms with E-state index in [2.05, 4.69) is 9.59 Å². The van der Waals surface area contributed by atoms with Gasteiger partial charge in [0.25, 0.3) is 5.91 Å². The van der Waals surface area contributed by atoms with Crippen LogP contribution in [-0.4, -0.2) is 44.6 Å². The zero-order chi connectivity index (χ0) is 15.9. The van der Waals surface area contributed by atoms with E-state index in [4.69, 9.17) is 5.11 Å². The highest BCUT2D eigenvalue weighted by Crippen LogP contribution is 2.15. The number of aryl methyl sites for hydroxylation is 1. The standard InChI is InChI=1S/C15H17N3O3S/c1-2-12-14(22-17-16-12)15(21)18(10-13(19)20)9-8-11-6-4-3-5-7-11/h3-7H,2,8-10H2,1H3,(H,19,20). The Hall–Kier alpha value is -2.28. The number of amides is 1. The number of aromatic nitrogens is 2. The minimum atomic E-state index is -1.03. The van der Waals surface area contributed by atoms with Crippen LogP contribution in [-0.2, 0) is 17.6 Å². The lowest BCUT2D eigenvalue weighted by Crippen LogP contribution is -2.37. The third kappa shape index (κ3) is 4.11. The van der Waals surface area contributed by atoms with Gasteiger partial charge in [-0.1, -0.05) is 41.7 Å². The molecule has 0 bridgehead atoms. The quantitative estimate of drug-likeness (QED) is 0.842. The molecule has 1 N–H and O–H groups in total. The topological polar surface area (TPSA) is 83.4 Å². The van der Waals surface area contributed by atoms with E-state index < -0.39 is 5.97 Å². The molecule has 0 aliphatic heterocycles. The SMILES string of the molecule is CCc1nnsc1C(=O)N(CCc1ccccc1)CC(=O)O. The van der Waals surface area contributed by atoms with E-state index in [9.17, 15) is 9.59 Å². The van der Waals surface area contributed by atoms with Crippen LogP contribution in [0.15, 0.2) is 30.3 Å². The summed E-state index contributed by atoms with van der Waals surface area (Å²) in [6.07, 6.45) is 1.20. The molecule has 0 unspecified atom stereocenters. The first-order valence-electron chi connectivity index (χ1n) is 6.98. The normalized spacial score (nSPS) is 10.4. The monoisotopic (exact) mass is 319 g/mol. The number of hydrogen-bond donors (Lipinski definition) is 1. The third-order valence-electron chi connectivity index (χ3n) is 3.21. The van der Waals surface area contributed by atoms with Crippen molar-refractivity contribution in [3.63, 3.8) is 0 Å². The van der Waals surface area contributed by atoms with E-state index in [1.807, 2.05) is 37.3 Å². The van der Waals surface area contributed by atoms with Crippen molar-refractivity contribution < 1.29 is 14.7 Å². The van der Waals surface area contributed by atoms with E-state index in [-0.39, 0.29) is 12.5 Å². The summed E-state index contributed by atoms with van der Waals surface area (Å²) in [5, 5.41) is 12.9. The minimum Gasteiger partial charge on any atom is -0.480 e. The molecule has 6 nitrogen and oxygen atoms in total. The summed E-state index contributed by atoms with van der Waals surface area (Å²) in [5.74, 6) is -1.35. The Morgan fingerprint density at radius 3 is 2.64 bits per heavy atom. The van der Waals surface area contributed by atoms with Gasteiger partial charge in [0.2, 0.25) is 0 Å². The number of carboxylic acid groups (broad SMARTS) is 1. The Morgan fingerprint density at radius 1 is 1.27 bits per heavy atom. The van der Waals surface area contributed by atoms with Gasteiger partial charge in [-0.3, -0.25) is 9.59 Å². The zero-order valence-corrected chi connectivity index (χ0v) is 13.0. The second-order valence-corrected chi connectivity index (χ2v) is 5.51. The van der Waals surface area contributed by atoms with E-state index >= 15 is 0 Å². The molecule has 0 aliphatic rings. The smallest absolute Gasteiger partial charge is 0.323 e. The highest BCUT2D eigenvalue weighted by molar-refractivity contribution is 7.08. The van der Waals surface area contributed by atoms with Gasteiger partial charge < -0.3 is 10.0 Å². The highest BCUT2D eigenvalue weighted by Gasteiger charge is 2.23. The Labute approximate surface area is 132 Å². The molecule has 0 radical (unpaired) electrons. The molecular weight excluding hydrogens is 302 g/mol. The van der Waals surface area contributed by atoms with Crippen LogP contribution in [0.5, 0.6) is 0 Å². The molecule has 1 aromatic heterocycles. The van der Waals surface area contributed by atoms with Crippen molar-refractivity contribution in [2.45, 2.75) is 19.8 Å². The predicted molar refractivity (Wildman–Crippen MR) is 83.0 cm³/mol. The first-order valence-corrected chi connectivity index (χ1v) is 7.75. The molecule has 116 valence electrons. The molecular formula is C15H17N3O3S. The van der Waals surface area contributed by atoms with E-state index in [1.54, 1.807) is 0 Å². The molecule has 0 saturated heterocycles. The van der Waals surface area contributed by atoms with Gasteiger partial charge in [0.15, 0.2) is 0 Å². The Morgan fingerprint density at radius 2 is 2.00 bits per heavy atom. The maximum atomic E-state index is 12.5. The van der Waals surface area contributed by atoms with Gasteiger partial charge in [-0.15, -0.1) is 5.10 Å². The third-order valence-corrected chi connectivity index (χ3v) is 3.97. The lowest BCUT2D eigenvalue weighted by molar-refractivity contribution is -0.137. The molecule has 1 aromatic carbocycles. The molecule has 22 heavy (non-hydrogen) atoms. The molecule has 0 fully saturated rings. The fourth-order valence-corrected chi connectivity index (χ4v) is 2.79. The predicted octanol–water partition coefficient (Wildman–Crippen LogP) is 1.87. The van der Waals surface area contributed by atoms with Crippen LogP contribution < -0.4 is 0 Å². The number of benzene rings is 1. The minimum absolute atomic E-state index is 0.315. The molecule has 2 rings (SSSR count). The Bertz CT molecular complexity index is 642. The summed E-state index contributed by atoms with van der Waals surface area (Å²) in [6, 6.07) is 9.66. The number of carboxylic acids is 1. The van der Waals surface area contributed by atoms with Gasteiger partial charge >= 0.3 is 5.97 Å². The van der Waals surface area contributed by atoms with Gasteiger partial charge in [-0.05, 0) is 29.9 Å². The maximum Gasteiger partial charge on any atom is 0.323 e. The fourth-order valence-electron chi connectivity index (χ4n) is 2.07. The Balaban J connectivity index is 2.11. The molecule has 0 saturated carbocycles. The van der Waals surface area contributed by atoms with Crippen LogP contribution >= 0.6 is 11.5 Å². The van der Waals surface area contributed by atoms with Crippen LogP contribution in [0.1, 0.15) is 27.9 Å². The van der Waals surface area contributed by atoms with Gasteiger partial charge in [-0.25, -0.2) is 0 Å². The van der Waals surface area contributed by atoms with E-state index in [0.29, 0.717) is 30.0 Å². The zero-order valence-electron chi connectivity index (χ0n) is 12.2. The van der Waals surface area contributed by atoms with Gasteiger partial charge in [0.05, 0.1) is 5.69 Å². The molecule has 0 spiro atoms. The summed E-state index contributed by atoms with van der Waals surface area (Å²) < 4.78 is 3.79. The number of carbonyl (C=O) groups excluding carboxylic acids is 1. The number of rotatable bonds is 7. The average molecular weight is 319 g/mol. The van der Waals surface area contributed by atoms with Crippen LogP contribution in [0.3, 0.4) is 0 Å². The van der Waals surface area contributed by atoms with E-state index in [1.165, 1.54) is 4.90 Å². The van der Waals surface area contributed by atoms with Crippen LogP contribution in [0.4, 0.5) is 0 Å². The molecule has 7 heteroatoms. The van der Waals surface area contributed by atoms with Crippen molar-refractivity contribution in [1.82, 2.24) is 14.5 Å². The van der Waals surface area contributed by atoms with Gasteiger partial charge in [-0.2, -0.15) is 0 Å². The lowest BCUT2D eigenvalue weighted by Gasteiger charge is -2.20. The fraction of sp³-hybridized carbons (Fsp3) is 0.333. The van der Waals surface area contributed by atoms with Crippen molar-refractivity contribution in [2.24, 2.45) is 0 Å². The summed E-state index contributed by atoms with van der Waals surface area (Å²) in [7, 11) is 0. The van der Waals surface area contributed by atoms with E-state index in [0.717, 1.165) is 17.1 Å². The number of carbonyl (C=O) groups is 2. The van der Waals surface area contributed by atoms with Crippen molar-refractivity contribution in [3.8, 4) is 0 Å². The molecule has 1 heterocycles. The van der Waals surface area contributed by atoms with Crippen molar-refractivity contribution in [2.75, 3.05) is 13.1 Å². The first kappa shape index (κ1) is 16.1. The number of nitrogens with zero attached hydrogens (tertiary/aromatic N) is 3. The van der Waals surface area contributed by atoms with Gasteiger partial charge in [0, 0.05) is 6.54 Å². The molecule has 2 aromatic rings. The highest BCUT2D eigenvalue weighted by atomic mass is 32.1. The summed E-state index contributed by atoms with van der Waals surface area (Å²) in [4.78, 5) is 25.3.